The number of aryl methyl sites for hydroxylation is 2. The molecular weight excluding hydrogens is 408 g/mol. The van der Waals surface area contributed by atoms with E-state index in [1.165, 1.54) is 0 Å². The van der Waals surface area contributed by atoms with E-state index in [0.29, 0.717) is 41.1 Å². The summed E-state index contributed by atoms with van der Waals surface area (Å²) in [5.41, 5.74) is 3.13. The van der Waals surface area contributed by atoms with Crippen molar-refractivity contribution in [2.45, 2.75) is 47.6 Å². The Balaban J connectivity index is 1.97. The minimum absolute atomic E-state index is 0.0492. The van der Waals surface area contributed by atoms with Gasteiger partial charge < -0.3 is 14.1 Å². The van der Waals surface area contributed by atoms with E-state index in [4.69, 9.17) is 14.1 Å². The number of pyridine rings is 1. The fraction of sp³-hybridized carbons (Fsp3) is 0.417. The zero-order valence-electron chi connectivity index (χ0n) is 19.6. The molecule has 0 aromatic carbocycles. The highest BCUT2D eigenvalue weighted by molar-refractivity contribution is 6.04. The molecule has 0 aliphatic heterocycles. The topological polar surface area (TPSA) is 90.5 Å². The Bertz CT molecular complexity index is 1170. The van der Waals surface area contributed by atoms with Gasteiger partial charge in [0.2, 0.25) is 0 Å². The molecule has 3 rings (SSSR count). The van der Waals surface area contributed by atoms with Gasteiger partial charge in [0.15, 0.2) is 12.3 Å². The van der Waals surface area contributed by atoms with Crippen LogP contribution in [0.25, 0.3) is 22.3 Å². The minimum atomic E-state index is -0.598. The van der Waals surface area contributed by atoms with Crippen LogP contribution in [0.4, 0.5) is 0 Å². The molecular formula is C24H30N4O4. The molecule has 0 aliphatic carbocycles. The summed E-state index contributed by atoms with van der Waals surface area (Å²) >= 11 is 0. The normalized spacial score (nSPS) is 11.2. The molecule has 0 bridgehead atoms. The molecule has 1 amide bonds. The highest BCUT2D eigenvalue weighted by Crippen LogP contribution is 2.30. The van der Waals surface area contributed by atoms with Gasteiger partial charge in [-0.25, -0.2) is 14.5 Å². The van der Waals surface area contributed by atoms with Crippen LogP contribution in [-0.2, 0) is 9.53 Å². The summed E-state index contributed by atoms with van der Waals surface area (Å²) in [7, 11) is 0. The summed E-state index contributed by atoms with van der Waals surface area (Å²) in [6.45, 7) is 15.8. The Morgan fingerprint density at radius 1 is 1.28 bits per heavy atom. The van der Waals surface area contributed by atoms with Crippen LogP contribution in [0.15, 0.2) is 34.9 Å². The molecule has 3 aromatic heterocycles. The fourth-order valence-corrected chi connectivity index (χ4v) is 3.59. The minimum Gasteiger partial charge on any atom is -0.466 e. The largest absolute Gasteiger partial charge is 0.466 e. The molecule has 32 heavy (non-hydrogen) atoms. The molecule has 0 radical (unpaired) electrons. The number of likely N-dealkylation sites (N-methyl/N-ethyl adjacent to an activating group) is 1. The molecule has 0 aliphatic rings. The first-order valence-electron chi connectivity index (χ1n) is 10.7. The molecule has 0 atom stereocenters. The van der Waals surface area contributed by atoms with Crippen molar-refractivity contribution >= 4 is 22.9 Å². The van der Waals surface area contributed by atoms with Crippen LogP contribution in [0.5, 0.6) is 0 Å². The Kier molecular flexibility index (Phi) is 6.81. The van der Waals surface area contributed by atoms with E-state index >= 15 is 0 Å². The lowest BCUT2D eigenvalue weighted by atomic mass is 10.1. The number of ether oxygens (including phenoxy) is 1. The van der Waals surface area contributed by atoms with E-state index in [0.717, 1.165) is 16.9 Å². The van der Waals surface area contributed by atoms with Gasteiger partial charge in [-0.1, -0.05) is 12.2 Å². The Labute approximate surface area is 187 Å². The van der Waals surface area contributed by atoms with Gasteiger partial charge in [-0.2, -0.15) is 5.10 Å². The number of hydrogen-bond acceptors (Lipinski definition) is 6. The van der Waals surface area contributed by atoms with Crippen LogP contribution < -0.4 is 0 Å². The molecule has 0 saturated carbocycles. The van der Waals surface area contributed by atoms with Crippen LogP contribution in [0.1, 0.15) is 55.6 Å². The molecule has 0 N–H and O–H groups in total. The van der Waals surface area contributed by atoms with Gasteiger partial charge in [0.25, 0.3) is 5.91 Å². The maximum Gasteiger partial charge on any atom is 0.339 e. The van der Waals surface area contributed by atoms with Crippen LogP contribution in [0, 0.1) is 13.8 Å². The lowest BCUT2D eigenvalue weighted by Crippen LogP contribution is -2.35. The standard InChI is InChI=1S/C24H30N4O4/c1-8-27(12-14(2)3)22(29)13-31-24(30)19-10-21(18-9-16(6)32-17(18)7)26-23-20(19)11-25-28(23)15(4)5/h9-11,15H,2,8,12-13H2,1,3-7H3. The average Bonchev–Trinajstić information content (AvgIpc) is 3.31. The Hall–Kier alpha value is -3.42. The second-order valence-corrected chi connectivity index (χ2v) is 8.24. The number of aromatic nitrogens is 3. The Morgan fingerprint density at radius 3 is 2.56 bits per heavy atom. The van der Waals surface area contributed by atoms with E-state index < -0.39 is 5.97 Å². The first-order chi connectivity index (χ1) is 15.1. The predicted molar refractivity (Wildman–Crippen MR) is 122 cm³/mol. The fourth-order valence-electron chi connectivity index (χ4n) is 3.59. The highest BCUT2D eigenvalue weighted by Gasteiger charge is 2.22. The van der Waals surface area contributed by atoms with Crippen LogP contribution in [-0.4, -0.2) is 51.2 Å². The number of rotatable bonds is 8. The summed E-state index contributed by atoms with van der Waals surface area (Å²) in [6, 6.07) is 3.60. The summed E-state index contributed by atoms with van der Waals surface area (Å²) in [4.78, 5) is 31.9. The molecule has 0 unspecified atom stereocenters. The zero-order valence-corrected chi connectivity index (χ0v) is 19.6. The van der Waals surface area contributed by atoms with Gasteiger partial charge in [0.1, 0.15) is 11.5 Å². The number of amides is 1. The quantitative estimate of drug-likeness (QED) is 0.381. The number of fused-ring (bicyclic) bond motifs is 1. The molecule has 8 heteroatoms. The molecule has 3 aromatic rings. The van der Waals surface area contributed by atoms with E-state index in [2.05, 4.69) is 11.7 Å². The summed E-state index contributed by atoms with van der Waals surface area (Å²) in [6.07, 6.45) is 1.61. The van der Waals surface area contributed by atoms with E-state index in [1.54, 1.807) is 21.8 Å². The van der Waals surface area contributed by atoms with E-state index in [1.807, 2.05) is 47.6 Å². The smallest absolute Gasteiger partial charge is 0.339 e. The second-order valence-electron chi connectivity index (χ2n) is 8.24. The van der Waals surface area contributed by atoms with Crippen molar-refractivity contribution in [1.29, 1.82) is 0 Å². The van der Waals surface area contributed by atoms with Crippen molar-refractivity contribution in [2.24, 2.45) is 0 Å². The average molecular weight is 439 g/mol. The van der Waals surface area contributed by atoms with Crippen molar-refractivity contribution in [3.63, 3.8) is 0 Å². The van der Waals surface area contributed by atoms with Crippen LogP contribution in [0.2, 0.25) is 0 Å². The molecule has 0 spiro atoms. The van der Waals surface area contributed by atoms with Crippen molar-refractivity contribution in [2.75, 3.05) is 19.7 Å². The van der Waals surface area contributed by atoms with Crippen LogP contribution in [0.3, 0.4) is 0 Å². The van der Waals surface area contributed by atoms with E-state index in [-0.39, 0.29) is 18.6 Å². The zero-order chi connectivity index (χ0) is 23.6. The maximum atomic E-state index is 13.1. The van der Waals surface area contributed by atoms with Gasteiger partial charge in [0.05, 0.1) is 22.8 Å². The summed E-state index contributed by atoms with van der Waals surface area (Å²) in [5, 5.41) is 4.98. The van der Waals surface area contributed by atoms with Crippen molar-refractivity contribution in [3.8, 4) is 11.3 Å². The number of carbonyl (C=O) groups excluding carboxylic acids is 2. The third-order valence-corrected chi connectivity index (χ3v) is 5.11. The second kappa shape index (κ2) is 9.38. The third kappa shape index (κ3) is 4.74. The maximum absolute atomic E-state index is 13.1. The van der Waals surface area contributed by atoms with Crippen molar-refractivity contribution in [1.82, 2.24) is 19.7 Å². The highest BCUT2D eigenvalue weighted by atomic mass is 16.5. The number of carbonyl (C=O) groups is 2. The lowest BCUT2D eigenvalue weighted by molar-refractivity contribution is -0.133. The van der Waals surface area contributed by atoms with Gasteiger partial charge in [-0.15, -0.1) is 0 Å². The van der Waals surface area contributed by atoms with Crippen molar-refractivity contribution in [3.05, 3.63) is 47.6 Å². The van der Waals surface area contributed by atoms with E-state index in [9.17, 15) is 9.59 Å². The molecule has 0 fully saturated rings. The molecule has 0 saturated heterocycles. The number of esters is 1. The van der Waals surface area contributed by atoms with Gasteiger partial charge in [-0.05, 0) is 53.7 Å². The third-order valence-electron chi connectivity index (χ3n) is 5.11. The van der Waals surface area contributed by atoms with Gasteiger partial charge in [0, 0.05) is 24.7 Å². The predicted octanol–water partition coefficient (Wildman–Crippen LogP) is 4.47. The number of nitrogens with zero attached hydrogens (tertiary/aromatic N) is 4. The molecule has 170 valence electrons. The summed E-state index contributed by atoms with van der Waals surface area (Å²) in [5.74, 6) is 0.592. The lowest BCUT2D eigenvalue weighted by Gasteiger charge is -2.20. The van der Waals surface area contributed by atoms with Crippen molar-refractivity contribution < 1.29 is 18.7 Å². The summed E-state index contributed by atoms with van der Waals surface area (Å²) < 4.78 is 12.8. The first-order valence-corrected chi connectivity index (χ1v) is 10.7. The van der Waals surface area contributed by atoms with Gasteiger partial charge in [-0.3, -0.25) is 4.79 Å². The van der Waals surface area contributed by atoms with Gasteiger partial charge >= 0.3 is 5.97 Å². The number of hydrogen-bond donors (Lipinski definition) is 0. The van der Waals surface area contributed by atoms with Crippen LogP contribution >= 0.6 is 0 Å². The molecule has 3 heterocycles. The molecule has 8 nitrogen and oxygen atoms in total. The Morgan fingerprint density at radius 2 is 2.00 bits per heavy atom. The SMILES string of the molecule is C=C(C)CN(CC)C(=O)COC(=O)c1cc(-c2cc(C)oc2C)nc2c1cnn2C(C)C. The number of furan rings is 1. The first kappa shape index (κ1) is 23.2. The monoisotopic (exact) mass is 438 g/mol.